The molecule has 0 amide bonds. The van der Waals surface area contributed by atoms with Crippen molar-refractivity contribution in [2.24, 2.45) is 5.92 Å². The Bertz CT molecular complexity index is 1000. The van der Waals surface area contributed by atoms with Crippen LogP contribution >= 0.6 is 0 Å². The molecule has 0 spiro atoms. The summed E-state index contributed by atoms with van der Waals surface area (Å²) >= 11 is 0. The van der Waals surface area contributed by atoms with Gasteiger partial charge in [-0.3, -0.25) is 0 Å². The Labute approximate surface area is 178 Å². The summed E-state index contributed by atoms with van der Waals surface area (Å²) in [5.74, 6) is 0.557. The summed E-state index contributed by atoms with van der Waals surface area (Å²) in [5.41, 5.74) is 3.01. The summed E-state index contributed by atoms with van der Waals surface area (Å²) in [4.78, 5) is 0. The highest BCUT2D eigenvalue weighted by atomic mass is 19.2. The summed E-state index contributed by atoms with van der Waals surface area (Å²) in [6.45, 7) is 2.29. The van der Waals surface area contributed by atoms with Gasteiger partial charge in [-0.1, -0.05) is 43.7 Å². The number of benzene rings is 3. The average molecular weight is 409 g/mol. The number of rotatable bonds is 6. The van der Waals surface area contributed by atoms with E-state index in [1.54, 1.807) is 24.3 Å². The molecule has 0 atom stereocenters. The zero-order chi connectivity index (χ0) is 21.1. The largest absolute Gasteiger partial charge is 0.497 e. The molecule has 1 saturated carbocycles. The summed E-state index contributed by atoms with van der Waals surface area (Å²) in [6.07, 6.45) is 7.70. The lowest BCUT2D eigenvalue weighted by Crippen LogP contribution is -2.12. The van der Waals surface area contributed by atoms with Gasteiger partial charge in [-0.05, 0) is 90.6 Å². The highest BCUT2D eigenvalue weighted by molar-refractivity contribution is 5.85. The minimum Gasteiger partial charge on any atom is -0.497 e. The lowest BCUT2D eigenvalue weighted by molar-refractivity contribution is 0.319. The standard InChI is InChI=1S/C27H30F2O/c1-3-18-4-9-20(10-5-18)21-11-6-19(7-12-21)8-13-23-16-22-14-15-24(30-2)17-25(22)27(29)26(23)28/h6-7,11-12,14-18,20H,3-5,8-10,13H2,1-2H3. The van der Waals surface area contributed by atoms with Crippen LogP contribution in [0.4, 0.5) is 8.78 Å². The van der Waals surface area contributed by atoms with Crippen LogP contribution in [0.1, 0.15) is 61.6 Å². The highest BCUT2D eigenvalue weighted by Gasteiger charge is 2.21. The van der Waals surface area contributed by atoms with Gasteiger partial charge in [0.2, 0.25) is 0 Å². The maximum Gasteiger partial charge on any atom is 0.167 e. The Morgan fingerprint density at radius 1 is 0.867 bits per heavy atom. The fourth-order valence-electron chi connectivity index (χ4n) is 4.81. The summed E-state index contributed by atoms with van der Waals surface area (Å²) in [6, 6.07) is 15.6. The molecule has 1 fully saturated rings. The monoisotopic (exact) mass is 408 g/mol. The third kappa shape index (κ3) is 4.35. The van der Waals surface area contributed by atoms with Crippen LogP contribution in [0.25, 0.3) is 10.8 Å². The van der Waals surface area contributed by atoms with Crippen LogP contribution in [0.15, 0.2) is 48.5 Å². The molecule has 0 aromatic heterocycles. The predicted octanol–water partition coefficient (Wildman–Crippen LogP) is 7.60. The molecule has 0 bridgehead atoms. The van der Waals surface area contributed by atoms with E-state index in [4.69, 9.17) is 4.74 Å². The number of aryl methyl sites for hydroxylation is 2. The van der Waals surface area contributed by atoms with Gasteiger partial charge in [0.1, 0.15) is 5.75 Å². The van der Waals surface area contributed by atoms with E-state index in [-0.39, 0.29) is 5.39 Å². The Morgan fingerprint density at radius 3 is 2.27 bits per heavy atom. The summed E-state index contributed by atoms with van der Waals surface area (Å²) < 4.78 is 34.3. The first-order valence-corrected chi connectivity index (χ1v) is 11.1. The van der Waals surface area contributed by atoms with E-state index in [0.29, 0.717) is 35.5 Å². The van der Waals surface area contributed by atoms with E-state index in [1.165, 1.54) is 44.8 Å². The van der Waals surface area contributed by atoms with Crippen LogP contribution in [-0.2, 0) is 12.8 Å². The van der Waals surface area contributed by atoms with Gasteiger partial charge in [0.25, 0.3) is 0 Å². The summed E-state index contributed by atoms with van der Waals surface area (Å²) in [7, 11) is 1.52. The minimum atomic E-state index is -0.792. The van der Waals surface area contributed by atoms with Crippen LogP contribution in [0.5, 0.6) is 5.75 Å². The number of fused-ring (bicyclic) bond motifs is 1. The van der Waals surface area contributed by atoms with Crippen molar-refractivity contribution < 1.29 is 13.5 Å². The Hall–Kier alpha value is -2.42. The molecule has 0 aliphatic heterocycles. The molecule has 0 radical (unpaired) electrons. The molecule has 4 rings (SSSR count). The van der Waals surface area contributed by atoms with Gasteiger partial charge >= 0.3 is 0 Å². The lowest BCUT2D eigenvalue weighted by Gasteiger charge is -2.28. The van der Waals surface area contributed by atoms with Crippen molar-refractivity contribution in [3.05, 3.63) is 76.9 Å². The molecule has 1 aliphatic carbocycles. The first kappa shape index (κ1) is 20.8. The first-order chi connectivity index (χ1) is 14.6. The van der Waals surface area contributed by atoms with Crippen molar-refractivity contribution in [2.45, 2.75) is 57.8 Å². The van der Waals surface area contributed by atoms with Gasteiger partial charge in [-0.2, -0.15) is 0 Å². The normalized spacial score (nSPS) is 19.2. The molecule has 30 heavy (non-hydrogen) atoms. The van der Waals surface area contributed by atoms with Crippen molar-refractivity contribution in [1.82, 2.24) is 0 Å². The van der Waals surface area contributed by atoms with Gasteiger partial charge in [-0.15, -0.1) is 0 Å². The fraction of sp³-hybridized carbons (Fsp3) is 0.407. The molecule has 0 N–H and O–H groups in total. The fourth-order valence-corrected chi connectivity index (χ4v) is 4.81. The number of halogens is 2. The number of hydrogen-bond donors (Lipinski definition) is 0. The third-order valence-electron chi connectivity index (χ3n) is 6.86. The molecule has 0 heterocycles. The molecule has 0 saturated heterocycles. The van der Waals surface area contributed by atoms with E-state index in [2.05, 4.69) is 31.2 Å². The van der Waals surface area contributed by atoms with Crippen molar-refractivity contribution in [2.75, 3.05) is 7.11 Å². The van der Waals surface area contributed by atoms with Crippen LogP contribution in [0.3, 0.4) is 0 Å². The van der Waals surface area contributed by atoms with E-state index in [9.17, 15) is 8.78 Å². The SMILES string of the molecule is CCC1CCC(c2ccc(CCc3cc4ccc(OC)cc4c(F)c3F)cc2)CC1. The third-order valence-corrected chi connectivity index (χ3v) is 6.86. The van der Waals surface area contributed by atoms with Crippen molar-refractivity contribution >= 4 is 10.8 Å². The van der Waals surface area contributed by atoms with Gasteiger partial charge in [-0.25, -0.2) is 8.78 Å². The van der Waals surface area contributed by atoms with E-state index < -0.39 is 11.6 Å². The van der Waals surface area contributed by atoms with Crippen LogP contribution in [-0.4, -0.2) is 7.11 Å². The zero-order valence-electron chi connectivity index (χ0n) is 17.9. The number of ether oxygens (including phenoxy) is 1. The molecule has 158 valence electrons. The Morgan fingerprint density at radius 2 is 1.60 bits per heavy atom. The molecule has 0 unspecified atom stereocenters. The second-order valence-electron chi connectivity index (χ2n) is 8.62. The van der Waals surface area contributed by atoms with Crippen LogP contribution in [0, 0.1) is 17.6 Å². The van der Waals surface area contributed by atoms with Crippen LogP contribution < -0.4 is 4.74 Å². The van der Waals surface area contributed by atoms with E-state index in [1.807, 2.05) is 0 Å². The molecule has 3 aromatic rings. The molecule has 3 heteroatoms. The average Bonchev–Trinajstić information content (AvgIpc) is 2.80. The van der Waals surface area contributed by atoms with Gasteiger partial charge in [0.15, 0.2) is 11.6 Å². The molecule has 3 aromatic carbocycles. The number of hydrogen-bond acceptors (Lipinski definition) is 1. The van der Waals surface area contributed by atoms with Crippen LogP contribution in [0.2, 0.25) is 0 Å². The molecular weight excluding hydrogens is 378 g/mol. The van der Waals surface area contributed by atoms with Gasteiger partial charge < -0.3 is 4.74 Å². The Balaban J connectivity index is 1.44. The van der Waals surface area contributed by atoms with Crippen molar-refractivity contribution in [3.8, 4) is 5.75 Å². The lowest BCUT2D eigenvalue weighted by atomic mass is 9.78. The first-order valence-electron chi connectivity index (χ1n) is 11.1. The zero-order valence-corrected chi connectivity index (χ0v) is 17.9. The number of methoxy groups -OCH3 is 1. The smallest absolute Gasteiger partial charge is 0.167 e. The quantitative estimate of drug-likeness (QED) is 0.408. The predicted molar refractivity (Wildman–Crippen MR) is 119 cm³/mol. The van der Waals surface area contributed by atoms with Crippen molar-refractivity contribution in [1.29, 1.82) is 0 Å². The van der Waals surface area contributed by atoms with Gasteiger partial charge in [0.05, 0.1) is 7.11 Å². The topological polar surface area (TPSA) is 9.23 Å². The maximum atomic E-state index is 14.6. The Kier molecular flexibility index (Phi) is 6.36. The van der Waals surface area contributed by atoms with Crippen molar-refractivity contribution in [3.63, 3.8) is 0 Å². The minimum absolute atomic E-state index is 0.262. The van der Waals surface area contributed by atoms with Gasteiger partial charge in [0, 0.05) is 5.39 Å². The summed E-state index contributed by atoms with van der Waals surface area (Å²) in [5, 5.41) is 0.959. The molecule has 1 nitrogen and oxygen atoms in total. The molecular formula is C27H30F2O. The maximum absolute atomic E-state index is 14.6. The van der Waals surface area contributed by atoms with E-state index >= 15 is 0 Å². The molecule has 1 aliphatic rings. The second kappa shape index (κ2) is 9.16. The van der Waals surface area contributed by atoms with E-state index in [0.717, 1.165) is 11.5 Å². The highest BCUT2D eigenvalue weighted by Crippen LogP contribution is 2.37. The second-order valence-corrected chi connectivity index (χ2v) is 8.62.